The molecule has 2 unspecified atom stereocenters. The summed E-state index contributed by atoms with van der Waals surface area (Å²) in [6.07, 6.45) is 1.95. The first-order chi connectivity index (χ1) is 8.43. The Kier molecular flexibility index (Phi) is 2.93. The molecule has 1 aromatic heterocycles. The summed E-state index contributed by atoms with van der Waals surface area (Å²) in [7, 11) is 0. The summed E-state index contributed by atoms with van der Waals surface area (Å²) < 4.78 is 0. The molecule has 2 atom stereocenters. The zero-order valence-electron chi connectivity index (χ0n) is 9.93. The van der Waals surface area contributed by atoms with Crippen LogP contribution in [0.3, 0.4) is 0 Å². The van der Waals surface area contributed by atoms with Crippen LogP contribution in [0, 0.1) is 5.41 Å². The molecule has 0 radical (unpaired) electrons. The van der Waals surface area contributed by atoms with Crippen LogP contribution >= 0.6 is 0 Å². The second-order valence-corrected chi connectivity index (χ2v) is 4.68. The molecule has 8 nitrogen and oxygen atoms in total. The largest absolute Gasteiger partial charge is 0.481 e. The first-order valence-corrected chi connectivity index (χ1v) is 5.65. The number of aromatic amines is 1. The Hall–Kier alpha value is -2.12. The summed E-state index contributed by atoms with van der Waals surface area (Å²) in [6.45, 7) is 1.64. The minimum absolute atomic E-state index is 0.00728. The maximum atomic E-state index is 11.8. The SMILES string of the molecule is CC1(C(=O)O)CCCC1NC(=O)c1nc(N)n[nH]1. The lowest BCUT2D eigenvalue weighted by atomic mass is 9.85. The summed E-state index contributed by atoms with van der Waals surface area (Å²) in [6, 6.07) is -0.408. The number of carboxylic acid groups (broad SMARTS) is 1. The summed E-state index contributed by atoms with van der Waals surface area (Å²) in [5, 5.41) is 17.8. The molecule has 2 rings (SSSR count). The molecule has 98 valence electrons. The molecular formula is C10H15N5O3. The Balaban J connectivity index is 2.10. The van der Waals surface area contributed by atoms with Crippen LogP contribution in [0.5, 0.6) is 0 Å². The fourth-order valence-electron chi connectivity index (χ4n) is 2.26. The maximum absolute atomic E-state index is 11.8. The third-order valence-corrected chi connectivity index (χ3v) is 3.47. The zero-order chi connectivity index (χ0) is 13.3. The van der Waals surface area contributed by atoms with Crippen molar-refractivity contribution in [1.82, 2.24) is 20.5 Å². The molecule has 0 saturated heterocycles. The Morgan fingerprint density at radius 3 is 2.89 bits per heavy atom. The number of nitrogens with two attached hydrogens (primary N) is 1. The number of carbonyl (C=O) groups is 2. The molecule has 5 N–H and O–H groups in total. The van der Waals surface area contributed by atoms with E-state index >= 15 is 0 Å². The fourth-order valence-corrected chi connectivity index (χ4v) is 2.26. The standard InChI is InChI=1S/C10H15N5O3/c1-10(8(17)18)4-2-3-5(10)12-7(16)6-13-9(11)15-14-6/h5H,2-4H2,1H3,(H,12,16)(H,17,18)(H3,11,13,14,15). The van der Waals surface area contributed by atoms with Crippen molar-refractivity contribution < 1.29 is 14.7 Å². The highest BCUT2D eigenvalue weighted by Gasteiger charge is 2.46. The van der Waals surface area contributed by atoms with Crippen molar-refractivity contribution >= 4 is 17.8 Å². The monoisotopic (exact) mass is 253 g/mol. The number of hydrogen-bond acceptors (Lipinski definition) is 5. The number of carboxylic acids is 1. The Bertz CT molecular complexity index is 486. The highest BCUT2D eigenvalue weighted by Crippen LogP contribution is 2.38. The molecule has 1 aliphatic carbocycles. The Morgan fingerprint density at radius 1 is 1.61 bits per heavy atom. The normalized spacial score (nSPS) is 27.1. The summed E-state index contributed by atoms with van der Waals surface area (Å²) in [4.78, 5) is 26.8. The van der Waals surface area contributed by atoms with Crippen LogP contribution in [0.4, 0.5) is 5.95 Å². The van der Waals surface area contributed by atoms with Crippen molar-refractivity contribution in [2.45, 2.75) is 32.2 Å². The van der Waals surface area contributed by atoms with Crippen LogP contribution in [-0.2, 0) is 4.79 Å². The van der Waals surface area contributed by atoms with E-state index in [9.17, 15) is 14.7 Å². The van der Waals surface area contributed by atoms with Gasteiger partial charge < -0.3 is 16.2 Å². The molecule has 1 saturated carbocycles. The molecule has 0 aromatic carbocycles. The Morgan fingerprint density at radius 2 is 2.33 bits per heavy atom. The van der Waals surface area contributed by atoms with Gasteiger partial charge in [0.05, 0.1) is 5.41 Å². The van der Waals surface area contributed by atoms with Gasteiger partial charge in [-0.2, -0.15) is 4.98 Å². The molecule has 1 fully saturated rings. The van der Waals surface area contributed by atoms with E-state index in [1.165, 1.54) is 0 Å². The van der Waals surface area contributed by atoms with Crippen LogP contribution in [0.25, 0.3) is 0 Å². The van der Waals surface area contributed by atoms with Crippen LogP contribution in [0.15, 0.2) is 0 Å². The van der Waals surface area contributed by atoms with Gasteiger partial charge in [0.1, 0.15) is 0 Å². The highest BCUT2D eigenvalue weighted by molar-refractivity contribution is 5.91. The van der Waals surface area contributed by atoms with Gasteiger partial charge in [0.25, 0.3) is 5.91 Å². The van der Waals surface area contributed by atoms with Crippen LogP contribution < -0.4 is 11.1 Å². The van der Waals surface area contributed by atoms with Crippen molar-refractivity contribution in [2.75, 3.05) is 5.73 Å². The second kappa shape index (κ2) is 4.28. The van der Waals surface area contributed by atoms with Crippen LogP contribution in [-0.4, -0.2) is 38.2 Å². The van der Waals surface area contributed by atoms with Crippen molar-refractivity contribution in [2.24, 2.45) is 5.41 Å². The molecular weight excluding hydrogens is 238 g/mol. The summed E-state index contributed by atoms with van der Waals surface area (Å²) in [5.74, 6) is -1.42. The number of rotatable bonds is 3. The van der Waals surface area contributed by atoms with Crippen LogP contribution in [0.2, 0.25) is 0 Å². The topological polar surface area (TPSA) is 134 Å². The molecule has 0 aliphatic heterocycles. The third-order valence-electron chi connectivity index (χ3n) is 3.47. The predicted octanol–water partition coefficient (Wildman–Crippen LogP) is -0.240. The van der Waals surface area contributed by atoms with E-state index in [2.05, 4.69) is 20.5 Å². The third kappa shape index (κ3) is 2.01. The summed E-state index contributed by atoms with van der Waals surface area (Å²) in [5.41, 5.74) is 4.37. The fraction of sp³-hybridized carbons (Fsp3) is 0.600. The zero-order valence-corrected chi connectivity index (χ0v) is 9.93. The molecule has 1 heterocycles. The molecule has 8 heteroatoms. The second-order valence-electron chi connectivity index (χ2n) is 4.68. The van der Waals surface area contributed by atoms with E-state index in [4.69, 9.17) is 5.73 Å². The van der Waals surface area contributed by atoms with Gasteiger partial charge in [-0.15, -0.1) is 5.10 Å². The number of amides is 1. The minimum atomic E-state index is -0.929. The van der Waals surface area contributed by atoms with Gasteiger partial charge in [-0.1, -0.05) is 6.42 Å². The van der Waals surface area contributed by atoms with E-state index in [-0.39, 0.29) is 11.8 Å². The maximum Gasteiger partial charge on any atom is 0.311 e. The number of anilines is 1. The number of nitrogens with one attached hydrogen (secondary N) is 2. The van der Waals surface area contributed by atoms with Gasteiger partial charge in [0.15, 0.2) is 0 Å². The number of hydrogen-bond donors (Lipinski definition) is 4. The number of aromatic nitrogens is 3. The van der Waals surface area contributed by atoms with Gasteiger partial charge in [0, 0.05) is 6.04 Å². The average Bonchev–Trinajstić information content (AvgIpc) is 2.87. The average molecular weight is 253 g/mol. The molecule has 1 amide bonds. The van der Waals surface area contributed by atoms with E-state index < -0.39 is 23.3 Å². The van der Waals surface area contributed by atoms with E-state index in [1.807, 2.05) is 0 Å². The van der Waals surface area contributed by atoms with Crippen molar-refractivity contribution in [3.05, 3.63) is 5.82 Å². The number of nitrogens with zero attached hydrogens (tertiary/aromatic N) is 2. The number of carbonyl (C=O) groups excluding carboxylic acids is 1. The van der Waals surface area contributed by atoms with Gasteiger partial charge in [-0.3, -0.25) is 14.7 Å². The number of aliphatic carboxylic acids is 1. The number of nitrogen functional groups attached to an aromatic ring is 1. The van der Waals surface area contributed by atoms with E-state index in [0.717, 1.165) is 6.42 Å². The first kappa shape index (κ1) is 12.3. The number of H-pyrrole nitrogens is 1. The van der Waals surface area contributed by atoms with Crippen molar-refractivity contribution in [3.8, 4) is 0 Å². The molecule has 18 heavy (non-hydrogen) atoms. The highest BCUT2D eigenvalue weighted by atomic mass is 16.4. The smallest absolute Gasteiger partial charge is 0.311 e. The van der Waals surface area contributed by atoms with Gasteiger partial charge in [-0.05, 0) is 19.8 Å². The lowest BCUT2D eigenvalue weighted by Crippen LogP contribution is -2.47. The van der Waals surface area contributed by atoms with Gasteiger partial charge in [0.2, 0.25) is 11.8 Å². The van der Waals surface area contributed by atoms with Crippen LogP contribution in [0.1, 0.15) is 36.8 Å². The molecule has 1 aromatic rings. The molecule has 1 aliphatic rings. The van der Waals surface area contributed by atoms with Crippen molar-refractivity contribution in [1.29, 1.82) is 0 Å². The lowest BCUT2D eigenvalue weighted by Gasteiger charge is -2.27. The Labute approximate surface area is 103 Å². The van der Waals surface area contributed by atoms with Gasteiger partial charge in [-0.25, -0.2) is 0 Å². The van der Waals surface area contributed by atoms with Gasteiger partial charge >= 0.3 is 5.97 Å². The predicted molar refractivity (Wildman–Crippen MR) is 61.6 cm³/mol. The molecule has 0 spiro atoms. The van der Waals surface area contributed by atoms with Crippen molar-refractivity contribution in [3.63, 3.8) is 0 Å². The summed E-state index contributed by atoms with van der Waals surface area (Å²) >= 11 is 0. The quantitative estimate of drug-likeness (QED) is 0.587. The lowest BCUT2D eigenvalue weighted by molar-refractivity contribution is -0.148. The van der Waals surface area contributed by atoms with E-state index in [0.29, 0.717) is 12.8 Å². The first-order valence-electron chi connectivity index (χ1n) is 5.65. The molecule has 0 bridgehead atoms. The minimum Gasteiger partial charge on any atom is -0.481 e. The van der Waals surface area contributed by atoms with E-state index in [1.54, 1.807) is 6.92 Å².